The molecule has 1 aliphatic heterocycles. The van der Waals surface area contributed by atoms with E-state index in [-0.39, 0.29) is 5.56 Å². The van der Waals surface area contributed by atoms with E-state index >= 15 is 0 Å². The first kappa shape index (κ1) is 15.7. The molecule has 0 atom stereocenters. The Morgan fingerprint density at radius 2 is 2.20 bits per heavy atom. The van der Waals surface area contributed by atoms with Crippen LogP contribution in [0.4, 0.5) is 0 Å². The second kappa shape index (κ2) is 6.60. The third-order valence-electron chi connectivity index (χ3n) is 4.57. The van der Waals surface area contributed by atoms with Crippen LogP contribution in [0.2, 0.25) is 0 Å². The third-order valence-corrected chi connectivity index (χ3v) is 4.57. The molecule has 0 radical (unpaired) electrons. The molecule has 0 unspecified atom stereocenters. The van der Waals surface area contributed by atoms with Gasteiger partial charge >= 0.3 is 0 Å². The quantitative estimate of drug-likeness (QED) is 0.783. The fourth-order valence-electron chi connectivity index (χ4n) is 3.26. The molecule has 0 saturated carbocycles. The molecular formula is C18H20N6O. The van der Waals surface area contributed by atoms with Crippen molar-refractivity contribution in [3.8, 4) is 11.4 Å². The molecule has 1 N–H and O–H groups in total. The smallest absolute Gasteiger partial charge is 0.255 e. The lowest BCUT2D eigenvalue weighted by Gasteiger charge is -2.27. The van der Waals surface area contributed by atoms with Gasteiger partial charge in [0.25, 0.3) is 5.56 Å². The summed E-state index contributed by atoms with van der Waals surface area (Å²) in [5.74, 6) is 0.592. The van der Waals surface area contributed by atoms with Crippen molar-refractivity contribution in [1.82, 2.24) is 29.6 Å². The van der Waals surface area contributed by atoms with E-state index < -0.39 is 0 Å². The van der Waals surface area contributed by atoms with E-state index in [4.69, 9.17) is 0 Å². The van der Waals surface area contributed by atoms with Crippen molar-refractivity contribution in [2.24, 2.45) is 0 Å². The van der Waals surface area contributed by atoms with Gasteiger partial charge in [0.05, 0.1) is 17.0 Å². The molecule has 7 heteroatoms. The lowest BCUT2D eigenvalue weighted by Crippen LogP contribution is -2.36. The maximum atomic E-state index is 12.6. The molecule has 3 aromatic rings. The molecule has 0 aromatic carbocycles. The van der Waals surface area contributed by atoms with E-state index in [9.17, 15) is 4.79 Å². The highest BCUT2D eigenvalue weighted by Gasteiger charge is 2.22. The van der Waals surface area contributed by atoms with Gasteiger partial charge in [0.2, 0.25) is 0 Å². The second-order valence-electron chi connectivity index (χ2n) is 6.18. The average Bonchev–Trinajstić information content (AvgIpc) is 3.10. The highest BCUT2D eigenvalue weighted by atomic mass is 16.1. The molecule has 0 spiro atoms. The summed E-state index contributed by atoms with van der Waals surface area (Å²) < 4.78 is 1.99. The van der Waals surface area contributed by atoms with Crippen LogP contribution in [0.25, 0.3) is 11.4 Å². The van der Waals surface area contributed by atoms with Gasteiger partial charge in [0.15, 0.2) is 0 Å². The molecule has 25 heavy (non-hydrogen) atoms. The van der Waals surface area contributed by atoms with Crippen molar-refractivity contribution in [1.29, 1.82) is 0 Å². The number of aryl methyl sites for hydroxylation is 1. The van der Waals surface area contributed by atoms with E-state index in [2.05, 4.69) is 31.9 Å². The van der Waals surface area contributed by atoms with Gasteiger partial charge < -0.3 is 4.98 Å². The van der Waals surface area contributed by atoms with Crippen molar-refractivity contribution >= 4 is 0 Å². The first-order valence-electron chi connectivity index (χ1n) is 8.50. The van der Waals surface area contributed by atoms with Crippen LogP contribution in [0.1, 0.15) is 23.9 Å². The molecule has 0 saturated heterocycles. The topological polar surface area (TPSA) is 79.7 Å². The first-order valence-corrected chi connectivity index (χ1v) is 8.50. The lowest BCUT2D eigenvalue weighted by atomic mass is 10.1. The predicted molar refractivity (Wildman–Crippen MR) is 93.8 cm³/mol. The normalized spacial score (nSPS) is 14.4. The van der Waals surface area contributed by atoms with Crippen molar-refractivity contribution < 1.29 is 0 Å². The van der Waals surface area contributed by atoms with Crippen LogP contribution in [0, 0.1) is 0 Å². The number of fused-ring (bicyclic) bond motifs is 1. The Morgan fingerprint density at radius 1 is 1.28 bits per heavy atom. The molecule has 0 aliphatic carbocycles. The van der Waals surface area contributed by atoms with Gasteiger partial charge in [-0.3, -0.25) is 19.4 Å². The summed E-state index contributed by atoms with van der Waals surface area (Å²) in [6.07, 6.45) is 6.02. The SMILES string of the molecule is CCn1nccc1CN1CCc2nc(-c3cccnc3)[nH]c(=O)c2C1. The standard InChI is InChI=1S/C18H20N6O/c1-2-24-14(5-8-20-24)11-23-9-6-16-15(12-23)18(25)22-17(21-16)13-4-3-7-19-10-13/h3-5,7-8,10H,2,6,9,11-12H2,1H3,(H,21,22,25). The van der Waals surface area contributed by atoms with Crippen molar-refractivity contribution in [2.45, 2.75) is 33.0 Å². The van der Waals surface area contributed by atoms with Crippen LogP contribution in [0.5, 0.6) is 0 Å². The number of H-pyrrole nitrogens is 1. The number of pyridine rings is 1. The van der Waals surface area contributed by atoms with Crippen LogP contribution in [-0.4, -0.2) is 36.2 Å². The van der Waals surface area contributed by atoms with Gasteiger partial charge in [-0.2, -0.15) is 5.10 Å². The second-order valence-corrected chi connectivity index (χ2v) is 6.18. The van der Waals surface area contributed by atoms with Gasteiger partial charge in [0.1, 0.15) is 5.82 Å². The lowest BCUT2D eigenvalue weighted by molar-refractivity contribution is 0.234. The maximum Gasteiger partial charge on any atom is 0.255 e. The fourth-order valence-corrected chi connectivity index (χ4v) is 3.26. The summed E-state index contributed by atoms with van der Waals surface area (Å²) in [6, 6.07) is 5.78. The van der Waals surface area contributed by atoms with Crippen molar-refractivity contribution in [3.05, 3.63) is 64.1 Å². The van der Waals surface area contributed by atoms with E-state index in [0.717, 1.165) is 42.9 Å². The Balaban J connectivity index is 1.59. The molecule has 0 bridgehead atoms. The monoisotopic (exact) mass is 336 g/mol. The number of aromatic amines is 1. The molecule has 3 aromatic heterocycles. The molecule has 1 aliphatic rings. The molecule has 4 rings (SSSR count). The van der Waals surface area contributed by atoms with E-state index in [1.165, 1.54) is 5.69 Å². The van der Waals surface area contributed by atoms with Crippen molar-refractivity contribution in [2.75, 3.05) is 6.54 Å². The molecule has 0 fully saturated rings. The van der Waals surface area contributed by atoms with E-state index in [1.54, 1.807) is 12.4 Å². The van der Waals surface area contributed by atoms with E-state index in [1.807, 2.05) is 29.1 Å². The summed E-state index contributed by atoms with van der Waals surface area (Å²) >= 11 is 0. The number of nitrogens with one attached hydrogen (secondary N) is 1. The highest BCUT2D eigenvalue weighted by Crippen LogP contribution is 2.19. The minimum absolute atomic E-state index is 0.0578. The Morgan fingerprint density at radius 3 is 3.00 bits per heavy atom. The summed E-state index contributed by atoms with van der Waals surface area (Å²) in [6.45, 7) is 5.21. The minimum atomic E-state index is -0.0578. The minimum Gasteiger partial charge on any atom is -0.306 e. The molecule has 128 valence electrons. The Labute approximate surface area is 145 Å². The number of hydrogen-bond donors (Lipinski definition) is 1. The van der Waals surface area contributed by atoms with Gasteiger partial charge in [0, 0.05) is 56.8 Å². The highest BCUT2D eigenvalue weighted by molar-refractivity contribution is 5.53. The van der Waals surface area contributed by atoms with E-state index in [0.29, 0.717) is 12.4 Å². The number of nitrogens with zero attached hydrogens (tertiary/aromatic N) is 5. The molecular weight excluding hydrogens is 316 g/mol. The van der Waals surface area contributed by atoms with Gasteiger partial charge in [-0.15, -0.1) is 0 Å². The summed E-state index contributed by atoms with van der Waals surface area (Å²) in [7, 11) is 0. The Bertz CT molecular complexity index is 930. The summed E-state index contributed by atoms with van der Waals surface area (Å²) in [5.41, 5.74) is 3.60. The number of hydrogen-bond acceptors (Lipinski definition) is 5. The molecule has 7 nitrogen and oxygen atoms in total. The Hall–Kier alpha value is -2.80. The number of aromatic nitrogens is 5. The van der Waals surface area contributed by atoms with Gasteiger partial charge in [-0.05, 0) is 25.1 Å². The van der Waals surface area contributed by atoms with Crippen LogP contribution in [-0.2, 0) is 26.1 Å². The molecule has 0 amide bonds. The molecule has 4 heterocycles. The largest absolute Gasteiger partial charge is 0.306 e. The van der Waals surface area contributed by atoms with Crippen LogP contribution in [0.3, 0.4) is 0 Å². The van der Waals surface area contributed by atoms with Crippen LogP contribution >= 0.6 is 0 Å². The third kappa shape index (κ3) is 3.10. The Kier molecular flexibility index (Phi) is 4.15. The van der Waals surface area contributed by atoms with Crippen molar-refractivity contribution in [3.63, 3.8) is 0 Å². The fraction of sp³-hybridized carbons (Fsp3) is 0.333. The zero-order valence-corrected chi connectivity index (χ0v) is 14.1. The average molecular weight is 336 g/mol. The van der Waals surface area contributed by atoms with Crippen LogP contribution < -0.4 is 5.56 Å². The first-order chi connectivity index (χ1) is 12.2. The van der Waals surface area contributed by atoms with Crippen LogP contribution in [0.15, 0.2) is 41.6 Å². The predicted octanol–water partition coefficient (Wildman–Crippen LogP) is 1.61. The summed E-state index contributed by atoms with van der Waals surface area (Å²) in [4.78, 5) is 26.5. The zero-order chi connectivity index (χ0) is 17.2. The zero-order valence-electron chi connectivity index (χ0n) is 14.1. The number of rotatable bonds is 4. The van der Waals surface area contributed by atoms with Gasteiger partial charge in [-0.25, -0.2) is 4.98 Å². The maximum absolute atomic E-state index is 12.6. The van der Waals surface area contributed by atoms with Gasteiger partial charge in [-0.1, -0.05) is 0 Å². The summed E-state index contributed by atoms with van der Waals surface area (Å²) in [5, 5.41) is 4.31.